The number of allylic oxidation sites excluding steroid dienone is 1. The van der Waals surface area contributed by atoms with Gasteiger partial charge in [0, 0.05) is 12.1 Å². The maximum atomic E-state index is 5.73. The van der Waals surface area contributed by atoms with E-state index in [9.17, 15) is 0 Å². The van der Waals surface area contributed by atoms with Gasteiger partial charge in [-0.15, -0.1) is 0 Å². The maximum Gasteiger partial charge on any atom is 0.119 e. The Morgan fingerprint density at radius 2 is 1.95 bits per heavy atom. The molecule has 0 saturated heterocycles. The molecule has 2 heteroatoms. The molecule has 0 aromatic heterocycles. The maximum absolute atomic E-state index is 5.73. The highest BCUT2D eigenvalue weighted by molar-refractivity contribution is 6.12. The van der Waals surface area contributed by atoms with E-state index in [2.05, 4.69) is 48.3 Å². The van der Waals surface area contributed by atoms with Crippen molar-refractivity contribution in [3.8, 4) is 5.75 Å². The largest absolute Gasteiger partial charge is 0.494 e. The predicted octanol–water partition coefficient (Wildman–Crippen LogP) is 4.53. The van der Waals surface area contributed by atoms with Crippen LogP contribution in [0.2, 0.25) is 0 Å². The number of fused-ring (bicyclic) bond motifs is 1. The van der Waals surface area contributed by atoms with Crippen LogP contribution in [0, 0.1) is 0 Å². The lowest BCUT2D eigenvalue weighted by Gasteiger charge is -2.16. The van der Waals surface area contributed by atoms with Crippen LogP contribution in [0.15, 0.2) is 59.6 Å². The lowest BCUT2D eigenvalue weighted by molar-refractivity contribution is 0.317. The number of benzene rings is 2. The third kappa shape index (κ3) is 3.45. The zero-order chi connectivity index (χ0) is 15.2. The van der Waals surface area contributed by atoms with E-state index in [1.807, 2.05) is 24.3 Å². The molecule has 1 aliphatic rings. The third-order valence-electron chi connectivity index (χ3n) is 3.72. The highest BCUT2D eigenvalue weighted by atomic mass is 16.5. The van der Waals surface area contributed by atoms with Crippen molar-refractivity contribution in [2.75, 3.05) is 13.2 Å². The summed E-state index contributed by atoms with van der Waals surface area (Å²) in [5.74, 6) is 0.967. The zero-order valence-electron chi connectivity index (χ0n) is 13.0. The number of ether oxygens (including phenoxy) is 1. The van der Waals surface area contributed by atoms with Gasteiger partial charge >= 0.3 is 0 Å². The SMILES string of the molecule is CCCOc1ccc2c(c1)CCN=C2C=Cc1ccccc1. The smallest absolute Gasteiger partial charge is 0.119 e. The molecule has 2 aromatic rings. The van der Waals surface area contributed by atoms with Crippen molar-refractivity contribution in [3.63, 3.8) is 0 Å². The van der Waals surface area contributed by atoms with Crippen LogP contribution in [0.1, 0.15) is 30.0 Å². The average Bonchev–Trinajstić information content (AvgIpc) is 2.58. The summed E-state index contributed by atoms with van der Waals surface area (Å²) in [5.41, 5.74) is 4.81. The normalized spacial score (nSPS) is 13.8. The molecule has 0 atom stereocenters. The van der Waals surface area contributed by atoms with Gasteiger partial charge in [0.1, 0.15) is 5.75 Å². The van der Waals surface area contributed by atoms with Crippen LogP contribution in [-0.2, 0) is 6.42 Å². The van der Waals surface area contributed by atoms with Crippen molar-refractivity contribution >= 4 is 11.8 Å². The Morgan fingerprint density at radius 1 is 1.09 bits per heavy atom. The fourth-order valence-corrected chi connectivity index (χ4v) is 2.60. The Hall–Kier alpha value is -2.35. The average molecular weight is 291 g/mol. The lowest BCUT2D eigenvalue weighted by atomic mass is 9.96. The highest BCUT2D eigenvalue weighted by Gasteiger charge is 2.12. The van der Waals surface area contributed by atoms with Crippen molar-refractivity contribution in [2.24, 2.45) is 4.99 Å². The minimum absolute atomic E-state index is 0.771. The van der Waals surface area contributed by atoms with Crippen LogP contribution >= 0.6 is 0 Å². The zero-order valence-corrected chi connectivity index (χ0v) is 13.0. The van der Waals surface area contributed by atoms with Gasteiger partial charge < -0.3 is 4.74 Å². The third-order valence-corrected chi connectivity index (χ3v) is 3.72. The molecule has 0 unspecified atom stereocenters. The Labute approximate surface area is 132 Å². The van der Waals surface area contributed by atoms with E-state index in [1.165, 1.54) is 16.7 Å². The van der Waals surface area contributed by atoms with Crippen LogP contribution in [0.4, 0.5) is 0 Å². The van der Waals surface area contributed by atoms with Gasteiger partial charge in [0.25, 0.3) is 0 Å². The lowest BCUT2D eigenvalue weighted by Crippen LogP contribution is -2.11. The fourth-order valence-electron chi connectivity index (χ4n) is 2.60. The van der Waals surface area contributed by atoms with E-state index >= 15 is 0 Å². The Balaban J connectivity index is 1.81. The Kier molecular flexibility index (Phi) is 4.69. The van der Waals surface area contributed by atoms with Crippen molar-refractivity contribution in [2.45, 2.75) is 19.8 Å². The van der Waals surface area contributed by atoms with Gasteiger partial charge in [-0.2, -0.15) is 0 Å². The van der Waals surface area contributed by atoms with E-state index in [4.69, 9.17) is 4.74 Å². The summed E-state index contributed by atoms with van der Waals surface area (Å²) in [6, 6.07) is 16.7. The molecule has 0 N–H and O–H groups in total. The summed E-state index contributed by atoms with van der Waals surface area (Å²) >= 11 is 0. The molecule has 0 spiro atoms. The first-order chi connectivity index (χ1) is 10.9. The van der Waals surface area contributed by atoms with Gasteiger partial charge in [0.05, 0.1) is 12.3 Å². The summed E-state index contributed by atoms with van der Waals surface area (Å²) < 4.78 is 5.73. The molecule has 0 saturated carbocycles. The van der Waals surface area contributed by atoms with Crippen molar-refractivity contribution in [1.82, 2.24) is 0 Å². The van der Waals surface area contributed by atoms with E-state index in [1.54, 1.807) is 0 Å². The number of nitrogens with zero attached hydrogens (tertiary/aromatic N) is 1. The second kappa shape index (κ2) is 7.08. The first-order valence-electron chi connectivity index (χ1n) is 7.90. The minimum Gasteiger partial charge on any atom is -0.494 e. The first-order valence-corrected chi connectivity index (χ1v) is 7.90. The van der Waals surface area contributed by atoms with E-state index in [0.29, 0.717) is 0 Å². The first kappa shape index (κ1) is 14.6. The number of rotatable bonds is 5. The molecule has 0 radical (unpaired) electrons. The quantitative estimate of drug-likeness (QED) is 0.793. The summed E-state index contributed by atoms with van der Waals surface area (Å²) in [7, 11) is 0. The highest BCUT2D eigenvalue weighted by Crippen LogP contribution is 2.23. The van der Waals surface area contributed by atoms with Crippen molar-refractivity contribution < 1.29 is 4.74 Å². The fraction of sp³-hybridized carbons (Fsp3) is 0.250. The van der Waals surface area contributed by atoms with Crippen molar-refractivity contribution in [3.05, 3.63) is 71.3 Å². The number of hydrogen-bond acceptors (Lipinski definition) is 2. The van der Waals surface area contributed by atoms with Gasteiger partial charge in [0.15, 0.2) is 0 Å². The molecule has 0 amide bonds. The summed E-state index contributed by atoms with van der Waals surface area (Å²) in [6.07, 6.45) is 6.25. The van der Waals surface area contributed by atoms with Gasteiger partial charge in [-0.05, 0) is 48.2 Å². The number of aliphatic imine (C=N–C) groups is 1. The van der Waals surface area contributed by atoms with E-state index in [0.717, 1.165) is 37.5 Å². The number of hydrogen-bond donors (Lipinski definition) is 0. The summed E-state index contributed by atoms with van der Waals surface area (Å²) in [5, 5.41) is 0. The molecule has 1 aliphatic heterocycles. The van der Waals surface area contributed by atoms with E-state index < -0.39 is 0 Å². The van der Waals surface area contributed by atoms with Crippen LogP contribution in [0.3, 0.4) is 0 Å². The molecule has 3 rings (SSSR count). The molecule has 0 bridgehead atoms. The molecular formula is C20H21NO. The van der Waals surface area contributed by atoms with Gasteiger partial charge in [0.2, 0.25) is 0 Å². The Bertz CT molecular complexity index is 686. The van der Waals surface area contributed by atoms with Crippen LogP contribution in [0.5, 0.6) is 5.75 Å². The van der Waals surface area contributed by atoms with Gasteiger partial charge in [-0.3, -0.25) is 4.99 Å². The molecule has 0 aliphatic carbocycles. The molecule has 0 fully saturated rings. The summed E-state index contributed by atoms with van der Waals surface area (Å²) in [4.78, 5) is 4.67. The monoisotopic (exact) mass is 291 g/mol. The standard InChI is InChI=1S/C20H21NO/c1-2-14-22-18-9-10-19-17(15-18)12-13-21-20(19)11-8-16-6-4-3-5-7-16/h3-11,15H,2,12-14H2,1H3. The van der Waals surface area contributed by atoms with Crippen LogP contribution < -0.4 is 4.74 Å². The second-order valence-corrected chi connectivity index (χ2v) is 5.43. The predicted molar refractivity (Wildman–Crippen MR) is 92.8 cm³/mol. The molecule has 112 valence electrons. The van der Waals surface area contributed by atoms with Crippen LogP contribution in [0.25, 0.3) is 6.08 Å². The van der Waals surface area contributed by atoms with Crippen LogP contribution in [-0.4, -0.2) is 18.9 Å². The second-order valence-electron chi connectivity index (χ2n) is 5.43. The van der Waals surface area contributed by atoms with Crippen molar-refractivity contribution in [1.29, 1.82) is 0 Å². The van der Waals surface area contributed by atoms with Gasteiger partial charge in [-0.1, -0.05) is 43.3 Å². The molecular weight excluding hydrogens is 270 g/mol. The van der Waals surface area contributed by atoms with E-state index in [-0.39, 0.29) is 0 Å². The topological polar surface area (TPSA) is 21.6 Å². The molecule has 2 nitrogen and oxygen atoms in total. The molecule has 22 heavy (non-hydrogen) atoms. The minimum atomic E-state index is 0.771. The Morgan fingerprint density at radius 3 is 2.77 bits per heavy atom. The molecule has 1 heterocycles. The summed E-state index contributed by atoms with van der Waals surface area (Å²) in [6.45, 7) is 3.74. The molecule has 2 aromatic carbocycles. The van der Waals surface area contributed by atoms with Gasteiger partial charge in [-0.25, -0.2) is 0 Å².